The fourth-order valence-electron chi connectivity index (χ4n) is 2.84. The number of amides is 1. The standard InChI is InChI=1S/C17H18FN3O3/c1-2-19-15(22)10-24-17(23)16-13-4-3-5-14(13)21(20-16)12-8-6-11(18)7-9-12/h6-9H,2-5,10H2,1H3,(H,19,22). The molecule has 0 spiro atoms. The molecule has 0 radical (unpaired) electrons. The van der Waals surface area contributed by atoms with Crippen molar-refractivity contribution >= 4 is 11.9 Å². The van der Waals surface area contributed by atoms with Gasteiger partial charge >= 0.3 is 5.97 Å². The number of carbonyl (C=O) groups is 2. The summed E-state index contributed by atoms with van der Waals surface area (Å²) >= 11 is 0. The summed E-state index contributed by atoms with van der Waals surface area (Å²) in [6, 6.07) is 5.94. The minimum Gasteiger partial charge on any atom is -0.451 e. The molecule has 1 aliphatic carbocycles. The van der Waals surface area contributed by atoms with Crippen molar-refractivity contribution in [1.29, 1.82) is 0 Å². The molecule has 1 N–H and O–H groups in total. The first-order valence-electron chi connectivity index (χ1n) is 7.90. The van der Waals surface area contributed by atoms with Gasteiger partial charge in [-0.2, -0.15) is 5.10 Å². The Morgan fingerprint density at radius 1 is 1.29 bits per heavy atom. The highest BCUT2D eigenvalue weighted by molar-refractivity contribution is 5.91. The van der Waals surface area contributed by atoms with Crippen LogP contribution in [0.4, 0.5) is 4.39 Å². The maximum Gasteiger partial charge on any atom is 0.359 e. The first-order valence-corrected chi connectivity index (χ1v) is 7.90. The second-order valence-electron chi connectivity index (χ2n) is 5.55. The van der Waals surface area contributed by atoms with Crippen LogP contribution in [-0.4, -0.2) is 34.8 Å². The van der Waals surface area contributed by atoms with Crippen LogP contribution in [0.5, 0.6) is 0 Å². The van der Waals surface area contributed by atoms with E-state index in [2.05, 4.69) is 10.4 Å². The van der Waals surface area contributed by atoms with Crippen LogP contribution in [0.3, 0.4) is 0 Å². The number of halogens is 1. The molecular formula is C17H18FN3O3. The monoisotopic (exact) mass is 331 g/mol. The van der Waals surface area contributed by atoms with Crippen molar-refractivity contribution in [3.8, 4) is 5.69 Å². The molecule has 3 rings (SSSR count). The lowest BCUT2D eigenvalue weighted by Gasteiger charge is -2.05. The number of benzene rings is 1. The van der Waals surface area contributed by atoms with Crippen LogP contribution in [0.15, 0.2) is 24.3 Å². The summed E-state index contributed by atoms with van der Waals surface area (Å²) in [7, 11) is 0. The third-order valence-electron chi connectivity index (χ3n) is 3.90. The first-order chi connectivity index (χ1) is 11.6. The molecule has 1 aromatic carbocycles. The van der Waals surface area contributed by atoms with Crippen LogP contribution in [0.1, 0.15) is 35.1 Å². The summed E-state index contributed by atoms with van der Waals surface area (Å²) in [6.45, 7) is 1.94. The zero-order valence-corrected chi connectivity index (χ0v) is 13.3. The van der Waals surface area contributed by atoms with Crippen LogP contribution >= 0.6 is 0 Å². The number of rotatable bonds is 5. The van der Waals surface area contributed by atoms with Crippen molar-refractivity contribution in [3.05, 3.63) is 47.0 Å². The highest BCUT2D eigenvalue weighted by Gasteiger charge is 2.28. The van der Waals surface area contributed by atoms with Crippen molar-refractivity contribution in [2.45, 2.75) is 26.2 Å². The van der Waals surface area contributed by atoms with E-state index in [0.29, 0.717) is 12.2 Å². The maximum absolute atomic E-state index is 13.1. The van der Waals surface area contributed by atoms with E-state index in [4.69, 9.17) is 4.74 Å². The summed E-state index contributed by atoms with van der Waals surface area (Å²) in [4.78, 5) is 23.7. The topological polar surface area (TPSA) is 73.2 Å². The third kappa shape index (κ3) is 3.15. The fraction of sp³-hybridized carbons (Fsp3) is 0.353. The molecule has 126 valence electrons. The van der Waals surface area contributed by atoms with Crippen LogP contribution < -0.4 is 5.32 Å². The minimum absolute atomic E-state index is 0.233. The number of carbonyl (C=O) groups excluding carboxylic acids is 2. The smallest absolute Gasteiger partial charge is 0.359 e. The van der Waals surface area contributed by atoms with Gasteiger partial charge in [0.25, 0.3) is 5.91 Å². The van der Waals surface area contributed by atoms with Gasteiger partial charge in [-0.05, 0) is 50.5 Å². The van der Waals surface area contributed by atoms with Gasteiger partial charge in [0.1, 0.15) is 5.82 Å². The van der Waals surface area contributed by atoms with E-state index in [0.717, 1.165) is 30.5 Å². The molecule has 6 nitrogen and oxygen atoms in total. The maximum atomic E-state index is 13.1. The Hall–Kier alpha value is -2.70. The number of fused-ring (bicyclic) bond motifs is 1. The van der Waals surface area contributed by atoms with Crippen LogP contribution in [0.2, 0.25) is 0 Å². The van der Waals surface area contributed by atoms with Gasteiger partial charge in [-0.25, -0.2) is 13.9 Å². The van der Waals surface area contributed by atoms with Gasteiger partial charge in [-0.1, -0.05) is 0 Å². The zero-order chi connectivity index (χ0) is 17.1. The molecule has 0 bridgehead atoms. The molecule has 1 aliphatic rings. The van der Waals surface area contributed by atoms with E-state index in [1.807, 2.05) is 0 Å². The lowest BCUT2D eigenvalue weighted by Crippen LogP contribution is -2.28. The number of hydrogen-bond donors (Lipinski definition) is 1. The molecule has 1 aromatic heterocycles. The number of nitrogens with zero attached hydrogens (tertiary/aromatic N) is 2. The summed E-state index contributed by atoms with van der Waals surface area (Å²) in [5, 5.41) is 6.91. The van der Waals surface area contributed by atoms with Crippen LogP contribution in [0.25, 0.3) is 5.69 Å². The highest BCUT2D eigenvalue weighted by atomic mass is 19.1. The summed E-state index contributed by atoms with van der Waals surface area (Å²) in [5.74, 6) is -1.29. The summed E-state index contributed by atoms with van der Waals surface area (Å²) in [6.07, 6.45) is 2.45. The first kappa shape index (κ1) is 16.2. The Balaban J connectivity index is 1.84. The number of esters is 1. The van der Waals surface area contributed by atoms with E-state index in [1.54, 1.807) is 23.7 Å². The van der Waals surface area contributed by atoms with Gasteiger partial charge < -0.3 is 10.1 Å². The van der Waals surface area contributed by atoms with Crippen molar-refractivity contribution in [2.75, 3.05) is 13.2 Å². The van der Waals surface area contributed by atoms with E-state index < -0.39 is 5.97 Å². The van der Waals surface area contributed by atoms with Gasteiger partial charge in [-0.3, -0.25) is 4.79 Å². The molecule has 0 unspecified atom stereocenters. The van der Waals surface area contributed by atoms with E-state index in [1.165, 1.54) is 12.1 Å². The van der Waals surface area contributed by atoms with Gasteiger partial charge in [-0.15, -0.1) is 0 Å². The summed E-state index contributed by atoms with van der Waals surface area (Å²) in [5.41, 5.74) is 2.71. The molecule has 0 atom stereocenters. The molecule has 0 saturated carbocycles. The zero-order valence-electron chi connectivity index (χ0n) is 13.3. The van der Waals surface area contributed by atoms with E-state index in [-0.39, 0.29) is 24.0 Å². The van der Waals surface area contributed by atoms with Gasteiger partial charge in [0, 0.05) is 17.8 Å². The van der Waals surface area contributed by atoms with Crippen molar-refractivity contribution in [1.82, 2.24) is 15.1 Å². The molecule has 1 amide bonds. The second kappa shape index (κ2) is 6.82. The third-order valence-corrected chi connectivity index (χ3v) is 3.90. The lowest BCUT2D eigenvalue weighted by atomic mass is 10.2. The van der Waals surface area contributed by atoms with E-state index >= 15 is 0 Å². The molecule has 24 heavy (non-hydrogen) atoms. The Bertz CT molecular complexity index is 768. The molecule has 1 heterocycles. The van der Waals surface area contributed by atoms with Gasteiger partial charge in [0.05, 0.1) is 5.69 Å². The van der Waals surface area contributed by atoms with Crippen molar-refractivity contribution < 1.29 is 18.7 Å². The van der Waals surface area contributed by atoms with Gasteiger partial charge in [0.15, 0.2) is 12.3 Å². The number of hydrogen-bond acceptors (Lipinski definition) is 4. The molecule has 0 saturated heterocycles. The molecule has 0 aliphatic heterocycles. The average molecular weight is 331 g/mol. The predicted molar refractivity (Wildman–Crippen MR) is 84.5 cm³/mol. The van der Waals surface area contributed by atoms with Crippen molar-refractivity contribution in [2.24, 2.45) is 0 Å². The molecular weight excluding hydrogens is 313 g/mol. The fourth-order valence-corrected chi connectivity index (χ4v) is 2.84. The van der Waals surface area contributed by atoms with Crippen LogP contribution in [0, 0.1) is 5.82 Å². The number of aromatic nitrogens is 2. The Kier molecular flexibility index (Phi) is 4.59. The highest BCUT2D eigenvalue weighted by Crippen LogP contribution is 2.28. The van der Waals surface area contributed by atoms with E-state index in [9.17, 15) is 14.0 Å². The van der Waals surface area contributed by atoms with Crippen molar-refractivity contribution in [3.63, 3.8) is 0 Å². The molecule has 7 heteroatoms. The lowest BCUT2D eigenvalue weighted by molar-refractivity contribution is -0.124. The average Bonchev–Trinajstić information content (AvgIpc) is 3.16. The number of ether oxygens (including phenoxy) is 1. The quantitative estimate of drug-likeness (QED) is 0.848. The molecule has 0 fully saturated rings. The largest absolute Gasteiger partial charge is 0.451 e. The minimum atomic E-state index is -0.611. The Morgan fingerprint density at radius 3 is 2.75 bits per heavy atom. The normalized spacial score (nSPS) is 12.8. The molecule has 2 aromatic rings. The number of nitrogens with one attached hydrogen (secondary N) is 1. The van der Waals surface area contributed by atoms with Crippen LogP contribution in [-0.2, 0) is 22.4 Å². The Labute approximate surface area is 138 Å². The van der Waals surface area contributed by atoms with Gasteiger partial charge in [0.2, 0.25) is 0 Å². The Morgan fingerprint density at radius 2 is 2.04 bits per heavy atom. The summed E-state index contributed by atoms with van der Waals surface area (Å²) < 4.78 is 19.8. The SMILES string of the molecule is CCNC(=O)COC(=O)c1nn(-c2ccc(F)cc2)c2c1CCC2. The second-order valence-corrected chi connectivity index (χ2v) is 5.55. The predicted octanol–water partition coefficient (Wildman–Crippen LogP) is 1.79. The number of likely N-dealkylation sites (N-methyl/N-ethyl adjacent to an activating group) is 1.